The summed E-state index contributed by atoms with van der Waals surface area (Å²) in [6.45, 7) is 4.87. The molecule has 0 aromatic heterocycles. The van der Waals surface area contributed by atoms with Crippen molar-refractivity contribution in [3.63, 3.8) is 0 Å². The van der Waals surface area contributed by atoms with Gasteiger partial charge in [-0.05, 0) is 19.0 Å². The number of halogens is 1. The van der Waals surface area contributed by atoms with E-state index in [-0.39, 0.29) is 30.1 Å². The molecule has 0 radical (unpaired) electrons. The third kappa shape index (κ3) is 4.11. The van der Waals surface area contributed by atoms with Gasteiger partial charge < -0.3 is 10.6 Å². The number of rotatable bonds is 6. The van der Waals surface area contributed by atoms with E-state index in [1.807, 2.05) is 20.9 Å². The first-order valence-electron chi connectivity index (χ1n) is 6.22. The highest BCUT2D eigenvalue weighted by Crippen LogP contribution is 2.11. The van der Waals surface area contributed by atoms with Crippen molar-refractivity contribution in [2.24, 2.45) is 11.8 Å². The summed E-state index contributed by atoms with van der Waals surface area (Å²) in [5.41, 5.74) is 0.512. The van der Waals surface area contributed by atoms with Crippen LogP contribution in [0.4, 0.5) is 4.39 Å². The topological polar surface area (TPSA) is 41.1 Å². The van der Waals surface area contributed by atoms with Crippen LogP contribution in [0.3, 0.4) is 0 Å². The van der Waals surface area contributed by atoms with Crippen LogP contribution in [0.1, 0.15) is 19.4 Å². The highest BCUT2D eigenvalue weighted by atomic mass is 19.1. The highest BCUT2D eigenvalue weighted by Gasteiger charge is 2.21. The number of amides is 1. The molecule has 0 heterocycles. The van der Waals surface area contributed by atoms with Crippen molar-refractivity contribution in [3.8, 4) is 0 Å². The Morgan fingerprint density at radius 1 is 1.33 bits per heavy atom. The minimum atomic E-state index is -0.285. The Kier molecular flexibility index (Phi) is 5.78. The molecule has 18 heavy (non-hydrogen) atoms. The van der Waals surface area contributed by atoms with Gasteiger partial charge in [-0.2, -0.15) is 0 Å². The summed E-state index contributed by atoms with van der Waals surface area (Å²) in [6.07, 6.45) is 0. The van der Waals surface area contributed by atoms with Crippen molar-refractivity contribution in [1.82, 2.24) is 10.6 Å². The van der Waals surface area contributed by atoms with E-state index in [0.29, 0.717) is 12.1 Å². The molecule has 0 aliphatic carbocycles. The van der Waals surface area contributed by atoms with Crippen molar-refractivity contribution < 1.29 is 9.18 Å². The normalized spacial score (nSPS) is 12.5. The van der Waals surface area contributed by atoms with Gasteiger partial charge in [0.1, 0.15) is 5.82 Å². The van der Waals surface area contributed by atoms with Crippen molar-refractivity contribution in [2.45, 2.75) is 20.4 Å². The van der Waals surface area contributed by atoms with E-state index in [2.05, 4.69) is 10.6 Å². The van der Waals surface area contributed by atoms with Crippen molar-refractivity contribution in [3.05, 3.63) is 35.6 Å². The van der Waals surface area contributed by atoms with Gasteiger partial charge in [0.25, 0.3) is 0 Å². The highest BCUT2D eigenvalue weighted by molar-refractivity contribution is 5.79. The molecule has 0 spiro atoms. The number of carbonyl (C=O) groups is 1. The van der Waals surface area contributed by atoms with Crippen LogP contribution in [0.25, 0.3) is 0 Å². The molecule has 0 saturated heterocycles. The number of benzene rings is 1. The monoisotopic (exact) mass is 252 g/mol. The van der Waals surface area contributed by atoms with Gasteiger partial charge in [-0.15, -0.1) is 0 Å². The molecule has 0 saturated carbocycles. The van der Waals surface area contributed by atoms with Crippen LogP contribution in [0.5, 0.6) is 0 Å². The Bertz CT molecular complexity index is 393. The average Bonchev–Trinajstić information content (AvgIpc) is 2.34. The Balaban J connectivity index is 2.57. The van der Waals surface area contributed by atoms with E-state index in [0.717, 1.165) is 0 Å². The van der Waals surface area contributed by atoms with Crippen molar-refractivity contribution >= 4 is 5.91 Å². The zero-order valence-electron chi connectivity index (χ0n) is 11.2. The lowest BCUT2D eigenvalue weighted by Crippen LogP contribution is -2.38. The molecule has 1 rings (SSSR count). The number of nitrogens with one attached hydrogen (secondary N) is 2. The third-order valence-electron chi connectivity index (χ3n) is 2.98. The van der Waals surface area contributed by atoms with Gasteiger partial charge in [0.05, 0.1) is 5.92 Å². The SMILES string of the molecule is CNCC(C(=O)NCc1ccccc1F)C(C)C. The molecular weight excluding hydrogens is 231 g/mol. The Hall–Kier alpha value is -1.42. The summed E-state index contributed by atoms with van der Waals surface area (Å²) >= 11 is 0. The van der Waals surface area contributed by atoms with Crippen LogP contribution in [0.15, 0.2) is 24.3 Å². The van der Waals surface area contributed by atoms with Gasteiger partial charge in [-0.1, -0.05) is 32.0 Å². The van der Waals surface area contributed by atoms with Gasteiger partial charge in [0, 0.05) is 18.7 Å². The molecule has 0 bridgehead atoms. The molecule has 0 fully saturated rings. The summed E-state index contributed by atoms with van der Waals surface area (Å²) in [5.74, 6) is -0.171. The van der Waals surface area contributed by atoms with Crippen LogP contribution in [0.2, 0.25) is 0 Å². The Labute approximate surface area is 108 Å². The minimum absolute atomic E-state index is 0.0393. The quantitative estimate of drug-likeness (QED) is 0.812. The number of hydrogen-bond donors (Lipinski definition) is 2. The maximum Gasteiger partial charge on any atom is 0.224 e. The molecule has 4 heteroatoms. The van der Waals surface area contributed by atoms with Crippen LogP contribution in [-0.4, -0.2) is 19.5 Å². The molecule has 3 nitrogen and oxygen atoms in total. The molecular formula is C14H21FN2O. The van der Waals surface area contributed by atoms with E-state index < -0.39 is 0 Å². The standard InChI is InChI=1S/C14H21FN2O/c1-10(2)12(9-16-3)14(18)17-8-11-6-4-5-7-13(11)15/h4-7,10,12,16H,8-9H2,1-3H3,(H,17,18). The fourth-order valence-electron chi connectivity index (χ4n) is 1.81. The fraction of sp³-hybridized carbons (Fsp3) is 0.500. The number of carbonyl (C=O) groups excluding carboxylic acids is 1. The Morgan fingerprint density at radius 3 is 2.56 bits per heavy atom. The van der Waals surface area contributed by atoms with E-state index >= 15 is 0 Å². The van der Waals surface area contributed by atoms with Crippen molar-refractivity contribution in [1.29, 1.82) is 0 Å². The molecule has 2 N–H and O–H groups in total. The lowest BCUT2D eigenvalue weighted by molar-refractivity contribution is -0.126. The Morgan fingerprint density at radius 2 is 2.00 bits per heavy atom. The third-order valence-corrected chi connectivity index (χ3v) is 2.98. The van der Waals surface area contributed by atoms with E-state index in [4.69, 9.17) is 0 Å². The van der Waals surface area contributed by atoms with Crippen LogP contribution in [0, 0.1) is 17.7 Å². The maximum atomic E-state index is 13.4. The second-order valence-electron chi connectivity index (χ2n) is 4.72. The molecule has 1 aromatic carbocycles. The number of hydrogen-bond acceptors (Lipinski definition) is 2. The molecule has 1 atom stereocenters. The van der Waals surface area contributed by atoms with Gasteiger partial charge >= 0.3 is 0 Å². The summed E-state index contributed by atoms with van der Waals surface area (Å²) in [7, 11) is 1.82. The molecule has 0 aliphatic heterocycles. The first-order chi connectivity index (χ1) is 8.56. The zero-order chi connectivity index (χ0) is 13.5. The van der Waals surface area contributed by atoms with Crippen LogP contribution < -0.4 is 10.6 Å². The maximum absolute atomic E-state index is 13.4. The summed E-state index contributed by atoms with van der Waals surface area (Å²) < 4.78 is 13.4. The average molecular weight is 252 g/mol. The van der Waals surface area contributed by atoms with Crippen LogP contribution in [-0.2, 0) is 11.3 Å². The lowest BCUT2D eigenvalue weighted by atomic mass is 9.95. The second-order valence-corrected chi connectivity index (χ2v) is 4.72. The van der Waals surface area contributed by atoms with Gasteiger partial charge in [0.15, 0.2) is 0 Å². The predicted octanol–water partition coefficient (Wildman–Crippen LogP) is 1.93. The minimum Gasteiger partial charge on any atom is -0.352 e. The molecule has 1 unspecified atom stereocenters. The van der Waals surface area contributed by atoms with Crippen molar-refractivity contribution in [2.75, 3.05) is 13.6 Å². The lowest BCUT2D eigenvalue weighted by Gasteiger charge is -2.19. The van der Waals surface area contributed by atoms with Gasteiger partial charge in [-0.3, -0.25) is 4.79 Å². The molecule has 1 aromatic rings. The zero-order valence-corrected chi connectivity index (χ0v) is 11.2. The molecule has 1 amide bonds. The van der Waals surface area contributed by atoms with E-state index in [1.54, 1.807) is 18.2 Å². The first-order valence-corrected chi connectivity index (χ1v) is 6.22. The van der Waals surface area contributed by atoms with Gasteiger partial charge in [-0.25, -0.2) is 4.39 Å². The molecule has 100 valence electrons. The summed E-state index contributed by atoms with van der Waals surface area (Å²) in [5, 5.41) is 5.79. The van der Waals surface area contributed by atoms with Crippen LogP contribution >= 0.6 is 0 Å². The molecule has 0 aliphatic rings. The van der Waals surface area contributed by atoms with Gasteiger partial charge in [0.2, 0.25) is 5.91 Å². The summed E-state index contributed by atoms with van der Waals surface area (Å²) in [6, 6.07) is 6.48. The largest absolute Gasteiger partial charge is 0.352 e. The van der Waals surface area contributed by atoms with E-state index in [1.165, 1.54) is 6.07 Å². The second kappa shape index (κ2) is 7.11. The first kappa shape index (κ1) is 14.6. The summed E-state index contributed by atoms with van der Waals surface area (Å²) in [4.78, 5) is 12.0. The smallest absolute Gasteiger partial charge is 0.224 e. The van der Waals surface area contributed by atoms with E-state index in [9.17, 15) is 9.18 Å². The fourth-order valence-corrected chi connectivity index (χ4v) is 1.81. The predicted molar refractivity (Wildman–Crippen MR) is 70.5 cm³/mol.